The summed E-state index contributed by atoms with van der Waals surface area (Å²) in [4.78, 5) is 25.7. The molecule has 3 atom stereocenters. The van der Waals surface area contributed by atoms with E-state index < -0.39 is 0 Å². The van der Waals surface area contributed by atoms with E-state index in [0.29, 0.717) is 19.0 Å². The summed E-state index contributed by atoms with van der Waals surface area (Å²) >= 11 is 0. The average molecular weight is 294 g/mol. The first-order valence-corrected chi connectivity index (χ1v) is 7.82. The Balaban J connectivity index is 1.88. The van der Waals surface area contributed by atoms with E-state index in [-0.39, 0.29) is 24.0 Å². The lowest BCUT2D eigenvalue weighted by Crippen LogP contribution is -2.52. The molecular formula is C16H26N2O3. The fourth-order valence-corrected chi connectivity index (χ4v) is 3.32. The lowest BCUT2D eigenvalue weighted by Gasteiger charge is -2.34. The summed E-state index contributed by atoms with van der Waals surface area (Å²) in [6.07, 6.45) is 3.73. The number of hydrogen-bond donors (Lipinski definition) is 1. The fourth-order valence-electron chi connectivity index (χ4n) is 3.32. The molecule has 2 heterocycles. The Labute approximate surface area is 126 Å². The van der Waals surface area contributed by atoms with Crippen LogP contribution in [0.15, 0.2) is 12.2 Å². The highest BCUT2D eigenvalue weighted by molar-refractivity contribution is 5.87. The third-order valence-corrected chi connectivity index (χ3v) is 4.45. The van der Waals surface area contributed by atoms with Gasteiger partial charge in [-0.1, -0.05) is 12.2 Å². The maximum atomic E-state index is 12.4. The van der Waals surface area contributed by atoms with Crippen LogP contribution in [0.3, 0.4) is 0 Å². The molecule has 0 bridgehead atoms. The summed E-state index contributed by atoms with van der Waals surface area (Å²) in [5.74, 6) is 0.247. The molecule has 0 aliphatic carbocycles. The first-order chi connectivity index (χ1) is 10.0. The van der Waals surface area contributed by atoms with E-state index >= 15 is 0 Å². The van der Waals surface area contributed by atoms with E-state index in [1.54, 1.807) is 4.90 Å². The monoisotopic (exact) mass is 294 g/mol. The number of nitrogens with zero attached hydrogens (tertiary/aromatic N) is 1. The summed E-state index contributed by atoms with van der Waals surface area (Å²) in [7, 11) is 0. The van der Waals surface area contributed by atoms with Crippen LogP contribution in [0.25, 0.3) is 0 Å². The van der Waals surface area contributed by atoms with Crippen molar-refractivity contribution in [3.05, 3.63) is 12.2 Å². The maximum Gasteiger partial charge on any atom is 0.242 e. The van der Waals surface area contributed by atoms with Gasteiger partial charge in [-0.2, -0.15) is 0 Å². The minimum Gasteiger partial charge on any atom is -0.374 e. The summed E-state index contributed by atoms with van der Waals surface area (Å²) in [6, 6.07) is -0.304. The van der Waals surface area contributed by atoms with Gasteiger partial charge in [-0.15, -0.1) is 0 Å². The molecule has 0 saturated carbocycles. The van der Waals surface area contributed by atoms with Crippen molar-refractivity contribution in [2.75, 3.05) is 19.7 Å². The number of likely N-dealkylation sites (tertiary alicyclic amines) is 1. The molecule has 2 fully saturated rings. The summed E-state index contributed by atoms with van der Waals surface area (Å²) < 4.78 is 5.65. The van der Waals surface area contributed by atoms with Crippen LogP contribution in [0.1, 0.15) is 39.5 Å². The van der Waals surface area contributed by atoms with Gasteiger partial charge in [0.2, 0.25) is 11.8 Å². The highest BCUT2D eigenvalue weighted by Gasteiger charge is 2.33. The molecular weight excluding hydrogens is 268 g/mol. The molecule has 0 aromatic rings. The predicted octanol–water partition coefficient (Wildman–Crippen LogP) is 1.48. The average Bonchev–Trinajstić information content (AvgIpc) is 2.93. The van der Waals surface area contributed by atoms with Crippen LogP contribution >= 0.6 is 0 Å². The Morgan fingerprint density at radius 2 is 2.05 bits per heavy atom. The van der Waals surface area contributed by atoms with Gasteiger partial charge in [0.15, 0.2) is 0 Å². The second kappa shape index (κ2) is 7.07. The van der Waals surface area contributed by atoms with Crippen molar-refractivity contribution in [2.45, 2.75) is 51.7 Å². The highest BCUT2D eigenvalue weighted by atomic mass is 16.5. The largest absolute Gasteiger partial charge is 0.374 e. The Hall–Kier alpha value is -1.36. The van der Waals surface area contributed by atoms with Gasteiger partial charge < -0.3 is 15.0 Å². The molecule has 0 aromatic heterocycles. The SMILES string of the molecule is C=C(C)[C@@H]1OCC[C@@H]1CNC(=O)[C@@H]1CCCCN1C(C)=O. The van der Waals surface area contributed by atoms with Gasteiger partial charge in [-0.3, -0.25) is 9.59 Å². The van der Waals surface area contributed by atoms with Crippen LogP contribution in [0.4, 0.5) is 0 Å². The third kappa shape index (κ3) is 3.84. The van der Waals surface area contributed by atoms with Gasteiger partial charge in [-0.25, -0.2) is 0 Å². The first-order valence-electron chi connectivity index (χ1n) is 7.82. The number of rotatable bonds is 4. The van der Waals surface area contributed by atoms with Crippen LogP contribution in [-0.4, -0.2) is 48.6 Å². The Bertz CT molecular complexity index is 422. The Morgan fingerprint density at radius 1 is 1.29 bits per heavy atom. The van der Waals surface area contributed by atoms with Crippen molar-refractivity contribution in [3.63, 3.8) is 0 Å². The van der Waals surface area contributed by atoms with Crippen LogP contribution in [-0.2, 0) is 14.3 Å². The second-order valence-corrected chi connectivity index (χ2v) is 6.16. The lowest BCUT2D eigenvalue weighted by atomic mass is 9.96. The zero-order valence-electron chi connectivity index (χ0n) is 13.1. The van der Waals surface area contributed by atoms with Crippen molar-refractivity contribution in [2.24, 2.45) is 5.92 Å². The van der Waals surface area contributed by atoms with Crippen molar-refractivity contribution in [3.8, 4) is 0 Å². The molecule has 2 rings (SSSR count). The normalized spacial score (nSPS) is 29.2. The maximum absolute atomic E-state index is 12.4. The van der Waals surface area contributed by atoms with Gasteiger partial charge >= 0.3 is 0 Å². The molecule has 0 radical (unpaired) electrons. The molecule has 21 heavy (non-hydrogen) atoms. The van der Waals surface area contributed by atoms with Crippen LogP contribution in [0, 0.1) is 5.92 Å². The van der Waals surface area contributed by atoms with Crippen LogP contribution < -0.4 is 5.32 Å². The lowest BCUT2D eigenvalue weighted by molar-refractivity contribution is -0.140. The van der Waals surface area contributed by atoms with E-state index in [1.165, 1.54) is 6.92 Å². The van der Waals surface area contributed by atoms with Gasteiger partial charge in [0.25, 0.3) is 0 Å². The van der Waals surface area contributed by atoms with Crippen molar-refractivity contribution < 1.29 is 14.3 Å². The van der Waals surface area contributed by atoms with E-state index in [1.807, 2.05) is 6.92 Å². The van der Waals surface area contributed by atoms with E-state index in [4.69, 9.17) is 4.74 Å². The number of carbonyl (C=O) groups is 2. The number of ether oxygens (including phenoxy) is 1. The van der Waals surface area contributed by atoms with Crippen molar-refractivity contribution in [1.82, 2.24) is 10.2 Å². The quantitative estimate of drug-likeness (QED) is 0.799. The molecule has 5 nitrogen and oxygen atoms in total. The predicted molar refractivity (Wildman–Crippen MR) is 80.7 cm³/mol. The minimum absolute atomic E-state index is 0.0149. The van der Waals surface area contributed by atoms with Crippen molar-refractivity contribution in [1.29, 1.82) is 0 Å². The summed E-state index contributed by atoms with van der Waals surface area (Å²) in [6.45, 7) is 9.45. The van der Waals surface area contributed by atoms with Crippen LogP contribution in [0.5, 0.6) is 0 Å². The molecule has 0 unspecified atom stereocenters. The van der Waals surface area contributed by atoms with Crippen molar-refractivity contribution >= 4 is 11.8 Å². The summed E-state index contributed by atoms with van der Waals surface area (Å²) in [5.41, 5.74) is 1.01. The van der Waals surface area contributed by atoms with Gasteiger partial charge in [0, 0.05) is 32.5 Å². The van der Waals surface area contributed by atoms with E-state index in [9.17, 15) is 9.59 Å². The fraction of sp³-hybridized carbons (Fsp3) is 0.750. The summed E-state index contributed by atoms with van der Waals surface area (Å²) in [5, 5.41) is 3.01. The molecule has 2 aliphatic heterocycles. The number of amides is 2. The molecule has 118 valence electrons. The molecule has 5 heteroatoms. The smallest absolute Gasteiger partial charge is 0.242 e. The van der Waals surface area contributed by atoms with Crippen LogP contribution in [0.2, 0.25) is 0 Å². The first kappa shape index (κ1) is 16.0. The Morgan fingerprint density at radius 3 is 2.71 bits per heavy atom. The third-order valence-electron chi connectivity index (χ3n) is 4.45. The standard InChI is InChI=1S/C16H26N2O3/c1-11(2)15-13(7-9-21-15)10-17-16(20)14-6-4-5-8-18(14)12(3)19/h13-15H,1,4-10H2,2-3H3,(H,17,20)/t13-,14+,15+/m1/s1. The minimum atomic E-state index is -0.304. The highest BCUT2D eigenvalue weighted by Crippen LogP contribution is 2.25. The molecule has 1 N–H and O–H groups in total. The topological polar surface area (TPSA) is 58.6 Å². The molecule has 2 aliphatic rings. The van der Waals surface area contributed by atoms with E-state index in [2.05, 4.69) is 11.9 Å². The number of nitrogens with one attached hydrogen (secondary N) is 1. The number of carbonyl (C=O) groups excluding carboxylic acids is 2. The zero-order valence-corrected chi connectivity index (χ0v) is 13.1. The molecule has 0 spiro atoms. The number of hydrogen-bond acceptors (Lipinski definition) is 3. The van der Waals surface area contributed by atoms with E-state index in [0.717, 1.165) is 37.9 Å². The molecule has 2 saturated heterocycles. The van der Waals surface area contributed by atoms with Gasteiger partial charge in [-0.05, 0) is 32.6 Å². The molecule has 2 amide bonds. The second-order valence-electron chi connectivity index (χ2n) is 6.16. The molecule has 0 aromatic carbocycles. The van der Waals surface area contributed by atoms with Gasteiger partial charge in [0.1, 0.15) is 6.04 Å². The number of piperidine rings is 1. The Kier molecular flexibility index (Phi) is 5.39. The zero-order chi connectivity index (χ0) is 15.4. The van der Waals surface area contributed by atoms with Gasteiger partial charge in [0.05, 0.1) is 6.10 Å².